The van der Waals surface area contributed by atoms with Gasteiger partial charge in [-0.25, -0.2) is 4.79 Å². The van der Waals surface area contributed by atoms with Crippen molar-refractivity contribution in [1.29, 1.82) is 0 Å². The van der Waals surface area contributed by atoms with E-state index in [1.165, 1.54) is 6.07 Å². The van der Waals surface area contributed by atoms with Crippen LogP contribution in [0.4, 0.5) is 11.4 Å². The zero-order chi connectivity index (χ0) is 30.5. The molecule has 5 aromatic rings. The van der Waals surface area contributed by atoms with E-state index >= 15 is 0 Å². The van der Waals surface area contributed by atoms with Crippen LogP contribution in [0.5, 0.6) is 23.0 Å². The third kappa shape index (κ3) is 6.61. The first-order valence-corrected chi connectivity index (χ1v) is 14.2. The van der Waals surface area contributed by atoms with Crippen molar-refractivity contribution >= 4 is 34.9 Å². The molecule has 1 unspecified atom stereocenters. The molecule has 0 radical (unpaired) electrons. The number of ether oxygens (including phenoxy) is 3. The van der Waals surface area contributed by atoms with Crippen LogP contribution in [0.25, 0.3) is 11.1 Å². The molecule has 220 valence electrons. The van der Waals surface area contributed by atoms with E-state index in [1.807, 2.05) is 78.9 Å². The van der Waals surface area contributed by atoms with Crippen molar-refractivity contribution in [2.24, 2.45) is 0 Å². The molecule has 0 fully saturated rings. The molecule has 5 aromatic carbocycles. The Morgan fingerprint density at radius 3 is 2.39 bits per heavy atom. The van der Waals surface area contributed by atoms with Gasteiger partial charge in [0.15, 0.2) is 11.5 Å². The molecule has 44 heavy (non-hydrogen) atoms. The summed E-state index contributed by atoms with van der Waals surface area (Å²) in [5, 5.41) is 16.2. The molecule has 6 rings (SSSR count). The second-order valence-corrected chi connectivity index (χ2v) is 10.5. The molecule has 8 nitrogen and oxygen atoms in total. The summed E-state index contributed by atoms with van der Waals surface area (Å²) >= 11 is 6.22. The summed E-state index contributed by atoms with van der Waals surface area (Å²) in [5.41, 5.74) is 3.87. The van der Waals surface area contributed by atoms with Crippen molar-refractivity contribution < 1.29 is 28.9 Å². The zero-order valence-electron chi connectivity index (χ0n) is 23.3. The molecular formula is C35H27ClN2O6. The highest BCUT2D eigenvalue weighted by atomic mass is 35.5. The van der Waals surface area contributed by atoms with Crippen LogP contribution in [0.2, 0.25) is 5.02 Å². The fourth-order valence-electron chi connectivity index (χ4n) is 4.84. The Hall–Kier alpha value is -5.47. The summed E-state index contributed by atoms with van der Waals surface area (Å²) in [6.07, 6.45) is 0.0784. The lowest BCUT2D eigenvalue weighted by atomic mass is 9.99. The normalized spacial score (nSPS) is 12.3. The highest BCUT2D eigenvalue weighted by Gasteiger charge is 2.23. The maximum atomic E-state index is 13.4. The van der Waals surface area contributed by atoms with Gasteiger partial charge in [-0.05, 0) is 59.7 Å². The van der Waals surface area contributed by atoms with Gasteiger partial charge in [0.05, 0.1) is 11.3 Å². The Balaban J connectivity index is 1.17. The number of fused-ring (bicyclic) bond motifs is 1. The number of carbonyl (C=O) groups excluding carboxylic acids is 1. The van der Waals surface area contributed by atoms with E-state index in [0.717, 1.165) is 22.4 Å². The predicted molar refractivity (Wildman–Crippen MR) is 168 cm³/mol. The van der Waals surface area contributed by atoms with Gasteiger partial charge in [0.1, 0.15) is 17.5 Å². The quantitative estimate of drug-likeness (QED) is 0.150. The summed E-state index contributed by atoms with van der Waals surface area (Å²) in [7, 11) is 0. The number of amides is 1. The molecule has 0 bridgehead atoms. The number of benzene rings is 5. The molecule has 0 aromatic heterocycles. The van der Waals surface area contributed by atoms with Crippen molar-refractivity contribution in [2.75, 3.05) is 12.1 Å². The van der Waals surface area contributed by atoms with Gasteiger partial charge < -0.3 is 30.0 Å². The molecule has 0 spiro atoms. The summed E-state index contributed by atoms with van der Waals surface area (Å²) < 4.78 is 16.9. The van der Waals surface area contributed by atoms with Crippen LogP contribution in [0, 0.1) is 0 Å². The zero-order valence-corrected chi connectivity index (χ0v) is 24.1. The van der Waals surface area contributed by atoms with Crippen molar-refractivity contribution in [3.63, 3.8) is 0 Å². The Labute approximate surface area is 258 Å². The number of nitrogens with one attached hydrogen (secondary N) is 2. The third-order valence-corrected chi connectivity index (χ3v) is 7.28. The average molecular weight is 607 g/mol. The van der Waals surface area contributed by atoms with Crippen LogP contribution >= 0.6 is 11.6 Å². The first kappa shape index (κ1) is 28.6. The van der Waals surface area contributed by atoms with Crippen LogP contribution in [0.3, 0.4) is 0 Å². The third-order valence-electron chi connectivity index (χ3n) is 7.04. The van der Waals surface area contributed by atoms with E-state index in [-0.39, 0.29) is 18.8 Å². The van der Waals surface area contributed by atoms with Gasteiger partial charge in [-0.15, -0.1) is 0 Å². The molecule has 1 heterocycles. The van der Waals surface area contributed by atoms with E-state index in [9.17, 15) is 14.7 Å². The molecule has 1 atom stereocenters. The minimum atomic E-state index is -1.18. The Kier molecular flexibility index (Phi) is 8.34. The minimum absolute atomic E-state index is 0.0784. The molecule has 1 amide bonds. The highest BCUT2D eigenvalue weighted by molar-refractivity contribution is 6.31. The van der Waals surface area contributed by atoms with Gasteiger partial charge in [0.25, 0.3) is 5.91 Å². The van der Waals surface area contributed by atoms with Gasteiger partial charge in [-0.3, -0.25) is 4.79 Å². The van der Waals surface area contributed by atoms with Gasteiger partial charge >= 0.3 is 5.97 Å². The average Bonchev–Trinajstić information content (AvgIpc) is 3.51. The number of hydrogen-bond acceptors (Lipinski definition) is 6. The molecule has 0 saturated heterocycles. The molecule has 1 aliphatic heterocycles. The van der Waals surface area contributed by atoms with Crippen LogP contribution < -0.4 is 24.8 Å². The van der Waals surface area contributed by atoms with Gasteiger partial charge in [-0.2, -0.15) is 0 Å². The van der Waals surface area contributed by atoms with Crippen molar-refractivity contribution in [3.05, 3.63) is 131 Å². The molecule has 0 aliphatic carbocycles. The molecule has 1 aliphatic rings. The van der Waals surface area contributed by atoms with Crippen molar-refractivity contribution in [1.82, 2.24) is 5.32 Å². The smallest absolute Gasteiger partial charge is 0.326 e. The lowest BCUT2D eigenvalue weighted by Crippen LogP contribution is -2.42. The number of hydrogen-bond donors (Lipinski definition) is 3. The predicted octanol–water partition coefficient (Wildman–Crippen LogP) is 7.70. The lowest BCUT2D eigenvalue weighted by Gasteiger charge is -2.18. The second-order valence-electron chi connectivity index (χ2n) is 10.1. The molecule has 3 N–H and O–H groups in total. The van der Waals surface area contributed by atoms with Gasteiger partial charge in [0.2, 0.25) is 6.79 Å². The number of carboxylic acid groups (broad SMARTS) is 1. The first-order valence-electron chi connectivity index (χ1n) is 13.8. The molecular weight excluding hydrogens is 580 g/mol. The van der Waals surface area contributed by atoms with Gasteiger partial charge in [0, 0.05) is 28.8 Å². The fraction of sp³-hybridized carbons (Fsp3) is 0.0857. The van der Waals surface area contributed by atoms with Crippen molar-refractivity contribution in [2.45, 2.75) is 12.5 Å². The van der Waals surface area contributed by atoms with E-state index in [2.05, 4.69) is 10.6 Å². The minimum Gasteiger partial charge on any atom is -0.480 e. The maximum Gasteiger partial charge on any atom is 0.326 e. The monoisotopic (exact) mass is 606 g/mol. The number of halogens is 1. The Bertz CT molecular complexity index is 1810. The lowest BCUT2D eigenvalue weighted by molar-refractivity contribution is -0.139. The van der Waals surface area contributed by atoms with Crippen LogP contribution in [-0.2, 0) is 11.2 Å². The topological polar surface area (TPSA) is 106 Å². The Morgan fingerprint density at radius 2 is 1.59 bits per heavy atom. The largest absolute Gasteiger partial charge is 0.480 e. The summed E-state index contributed by atoms with van der Waals surface area (Å²) in [5.74, 6) is 0.910. The number of aliphatic carboxylic acids is 1. The molecule has 0 saturated carbocycles. The Morgan fingerprint density at radius 1 is 0.841 bits per heavy atom. The molecule has 9 heteroatoms. The van der Waals surface area contributed by atoms with Crippen LogP contribution in [-0.4, -0.2) is 29.8 Å². The summed E-state index contributed by atoms with van der Waals surface area (Å²) in [6, 6.07) is 33.7. The maximum absolute atomic E-state index is 13.4. The SMILES string of the molecule is O=C(NC(Cc1ccc(-c2ccccc2Oc2ccccc2)cc1)C(=O)O)c1cc(Cl)ccc1Nc1ccc2c(c1)OCO2. The second kappa shape index (κ2) is 12.8. The van der Waals surface area contributed by atoms with E-state index < -0.39 is 17.9 Å². The summed E-state index contributed by atoms with van der Waals surface area (Å²) in [4.78, 5) is 25.6. The van der Waals surface area contributed by atoms with Crippen LogP contribution in [0.1, 0.15) is 15.9 Å². The van der Waals surface area contributed by atoms with E-state index in [0.29, 0.717) is 33.6 Å². The number of rotatable bonds is 10. The first-order chi connectivity index (χ1) is 21.4. The fourth-order valence-corrected chi connectivity index (χ4v) is 5.02. The number of carboxylic acids is 1. The van der Waals surface area contributed by atoms with E-state index in [4.69, 9.17) is 25.8 Å². The number of anilines is 2. The van der Waals surface area contributed by atoms with Crippen molar-refractivity contribution in [3.8, 4) is 34.1 Å². The van der Waals surface area contributed by atoms with E-state index in [1.54, 1.807) is 30.3 Å². The van der Waals surface area contributed by atoms with Gasteiger partial charge in [-0.1, -0.05) is 72.3 Å². The standard InChI is InChI=1S/C35H27ClN2O6/c36-24-14-16-29(37-25-15-17-32-33(20-25)43-21-42-32)28(19-24)34(39)38-30(35(40)41)18-22-10-12-23(13-11-22)27-8-4-5-9-31(27)44-26-6-2-1-3-7-26/h1-17,19-20,30,37H,18,21H2,(H,38,39)(H,40,41). The van der Waals surface area contributed by atoms with Crippen LogP contribution in [0.15, 0.2) is 115 Å². The number of para-hydroxylation sites is 2. The summed E-state index contributed by atoms with van der Waals surface area (Å²) in [6.45, 7) is 0.142. The highest BCUT2D eigenvalue weighted by Crippen LogP contribution is 2.36. The number of carbonyl (C=O) groups is 2.